The SMILES string of the molecule is C\C=N/C(=C\C(N/C(=C/C(=C(\C)CC)c1cc(Cl)ccc1F)C(C)=NC)=C(/C)CC)NC(=O)CCN1CCN(C)CC1. The second-order valence-electron chi connectivity index (χ2n) is 10.6. The first-order chi connectivity index (χ1) is 20.0. The first-order valence-electron chi connectivity index (χ1n) is 14.7. The lowest BCUT2D eigenvalue weighted by Gasteiger charge is -2.32. The van der Waals surface area contributed by atoms with Crippen LogP contribution in [0.2, 0.25) is 5.02 Å². The maximum atomic E-state index is 15.0. The van der Waals surface area contributed by atoms with Crippen LogP contribution in [-0.2, 0) is 4.79 Å². The zero-order valence-corrected chi connectivity index (χ0v) is 27.3. The fraction of sp³-hybridized carbons (Fsp3) is 0.485. The normalized spacial score (nSPS) is 17.3. The van der Waals surface area contributed by atoms with E-state index in [4.69, 9.17) is 11.6 Å². The van der Waals surface area contributed by atoms with E-state index in [1.165, 1.54) is 6.07 Å². The molecule has 0 bridgehead atoms. The summed E-state index contributed by atoms with van der Waals surface area (Å²) in [6, 6.07) is 4.59. The summed E-state index contributed by atoms with van der Waals surface area (Å²) in [4.78, 5) is 26.4. The highest BCUT2D eigenvalue weighted by Gasteiger charge is 2.16. The number of carbonyl (C=O) groups excluding carboxylic acids is 1. The molecule has 1 amide bonds. The summed E-state index contributed by atoms with van der Waals surface area (Å²) in [6.45, 7) is 16.5. The van der Waals surface area contributed by atoms with Gasteiger partial charge in [-0.1, -0.05) is 31.0 Å². The number of amides is 1. The summed E-state index contributed by atoms with van der Waals surface area (Å²) in [5.74, 6) is 0.0210. The number of hydrogen-bond donors (Lipinski definition) is 2. The molecule has 2 N–H and O–H groups in total. The van der Waals surface area contributed by atoms with Gasteiger partial charge < -0.3 is 20.4 Å². The highest BCUT2D eigenvalue weighted by atomic mass is 35.5. The summed E-state index contributed by atoms with van der Waals surface area (Å²) < 4.78 is 15.0. The average molecular weight is 599 g/mol. The van der Waals surface area contributed by atoms with Crippen molar-refractivity contribution in [2.45, 2.75) is 60.8 Å². The minimum atomic E-state index is -0.344. The number of carbonyl (C=O) groups is 1. The summed E-state index contributed by atoms with van der Waals surface area (Å²) >= 11 is 6.26. The monoisotopic (exact) mass is 598 g/mol. The number of hydrogen-bond acceptors (Lipinski definition) is 6. The summed E-state index contributed by atoms with van der Waals surface area (Å²) in [5.41, 5.74) is 5.48. The third kappa shape index (κ3) is 11.0. The van der Waals surface area contributed by atoms with E-state index in [0.29, 0.717) is 35.1 Å². The van der Waals surface area contributed by atoms with Crippen molar-refractivity contribution >= 4 is 35.0 Å². The van der Waals surface area contributed by atoms with Crippen molar-refractivity contribution < 1.29 is 9.18 Å². The predicted octanol–water partition coefficient (Wildman–Crippen LogP) is 6.60. The van der Waals surface area contributed by atoms with E-state index in [2.05, 4.69) is 44.4 Å². The number of aliphatic imine (C=N–C) groups is 2. The van der Waals surface area contributed by atoms with Crippen molar-refractivity contribution in [3.8, 4) is 0 Å². The maximum Gasteiger partial charge on any atom is 0.226 e. The molecule has 1 fully saturated rings. The van der Waals surface area contributed by atoms with Gasteiger partial charge in [-0.25, -0.2) is 9.38 Å². The summed E-state index contributed by atoms with van der Waals surface area (Å²) in [7, 11) is 3.84. The second-order valence-corrected chi connectivity index (χ2v) is 11.0. The number of halogens is 2. The molecule has 1 aliphatic rings. The Kier molecular flexibility index (Phi) is 14.9. The van der Waals surface area contributed by atoms with Crippen molar-refractivity contribution in [2.75, 3.05) is 46.8 Å². The molecule has 0 aliphatic carbocycles. The Hall–Kier alpha value is -3.07. The molecule has 0 spiro atoms. The van der Waals surface area contributed by atoms with E-state index in [-0.39, 0.29) is 11.7 Å². The lowest BCUT2D eigenvalue weighted by atomic mass is 9.96. The van der Waals surface area contributed by atoms with Crippen LogP contribution >= 0.6 is 11.6 Å². The number of allylic oxidation sites excluding steroid dienone is 6. The third-order valence-electron chi connectivity index (χ3n) is 7.55. The van der Waals surface area contributed by atoms with Crippen LogP contribution < -0.4 is 10.6 Å². The molecule has 1 saturated heterocycles. The van der Waals surface area contributed by atoms with E-state index >= 15 is 4.39 Å². The Balaban J connectivity index is 2.44. The van der Waals surface area contributed by atoms with Crippen molar-refractivity contribution in [1.29, 1.82) is 0 Å². The Bertz CT molecular complexity index is 1270. The molecular formula is C33H48ClFN6O. The van der Waals surface area contributed by atoms with E-state index in [9.17, 15) is 4.79 Å². The zero-order chi connectivity index (χ0) is 31.2. The minimum Gasteiger partial charge on any atom is -0.354 e. The van der Waals surface area contributed by atoms with Crippen LogP contribution in [0.5, 0.6) is 0 Å². The molecule has 7 nitrogen and oxygen atoms in total. The molecule has 9 heteroatoms. The summed E-state index contributed by atoms with van der Waals surface area (Å²) in [6.07, 6.45) is 7.33. The Morgan fingerprint density at radius 1 is 1.05 bits per heavy atom. The molecule has 0 aromatic heterocycles. The third-order valence-corrected chi connectivity index (χ3v) is 7.78. The number of rotatable bonds is 13. The molecule has 0 radical (unpaired) electrons. The van der Waals surface area contributed by atoms with Crippen molar-refractivity contribution in [2.24, 2.45) is 9.98 Å². The van der Waals surface area contributed by atoms with E-state index in [1.54, 1.807) is 25.4 Å². The molecule has 0 atom stereocenters. The van der Waals surface area contributed by atoms with Crippen LogP contribution in [0.3, 0.4) is 0 Å². The van der Waals surface area contributed by atoms with Gasteiger partial charge in [-0.2, -0.15) is 0 Å². The second kappa shape index (κ2) is 17.8. The Morgan fingerprint density at radius 3 is 2.31 bits per heavy atom. The molecule has 1 aliphatic heterocycles. The Morgan fingerprint density at radius 2 is 1.71 bits per heavy atom. The predicted molar refractivity (Wildman–Crippen MR) is 176 cm³/mol. The fourth-order valence-electron chi connectivity index (χ4n) is 4.34. The number of nitrogens with zero attached hydrogens (tertiary/aromatic N) is 4. The molecular weight excluding hydrogens is 551 g/mol. The molecule has 0 saturated carbocycles. The van der Waals surface area contributed by atoms with Gasteiger partial charge in [-0.05, 0) is 83.0 Å². The van der Waals surface area contributed by atoms with Crippen LogP contribution in [-0.4, -0.2) is 74.5 Å². The molecule has 1 aromatic rings. The van der Waals surface area contributed by atoms with Crippen molar-refractivity contribution in [1.82, 2.24) is 20.4 Å². The van der Waals surface area contributed by atoms with Gasteiger partial charge in [0.05, 0.1) is 11.4 Å². The zero-order valence-electron chi connectivity index (χ0n) is 26.6. The quantitative estimate of drug-likeness (QED) is 0.198. The first kappa shape index (κ1) is 35.1. The van der Waals surface area contributed by atoms with Gasteiger partial charge in [-0.15, -0.1) is 0 Å². The molecule has 42 heavy (non-hydrogen) atoms. The van der Waals surface area contributed by atoms with Crippen LogP contribution in [0.25, 0.3) is 5.57 Å². The van der Waals surface area contributed by atoms with E-state index in [1.807, 2.05) is 46.8 Å². The fourth-order valence-corrected chi connectivity index (χ4v) is 4.51. The van der Waals surface area contributed by atoms with Gasteiger partial charge in [-0.3, -0.25) is 9.79 Å². The van der Waals surface area contributed by atoms with E-state index < -0.39 is 0 Å². The largest absolute Gasteiger partial charge is 0.354 e. The van der Waals surface area contributed by atoms with E-state index in [0.717, 1.165) is 67.1 Å². The molecule has 1 heterocycles. The average Bonchev–Trinajstić information content (AvgIpc) is 2.98. The lowest BCUT2D eigenvalue weighted by Crippen LogP contribution is -2.45. The summed E-state index contributed by atoms with van der Waals surface area (Å²) in [5, 5.41) is 6.98. The standard InChI is InChI=1S/C33H48ClFN6O/c1-9-23(4)27(28-20-26(34)12-13-29(28)35)21-31(25(6)36-7)38-30(24(5)10-2)22-32(37-11-3)39-33(42)14-15-41-18-16-40(8)17-19-41/h11-13,20-22,38H,9-10,14-19H2,1-8H3,(H,39,42)/b27-23-,30-24-,31-21+,32-22+,36-25?,37-11-. The van der Waals surface area contributed by atoms with Gasteiger partial charge in [0.25, 0.3) is 0 Å². The van der Waals surface area contributed by atoms with Crippen LogP contribution in [0.15, 0.2) is 68.7 Å². The van der Waals surface area contributed by atoms with Crippen molar-refractivity contribution in [3.05, 3.63) is 75.1 Å². The first-order valence-corrected chi connectivity index (χ1v) is 15.1. The lowest BCUT2D eigenvalue weighted by molar-refractivity contribution is -0.120. The molecule has 2 rings (SSSR count). The highest BCUT2D eigenvalue weighted by Crippen LogP contribution is 2.29. The molecule has 0 unspecified atom stereocenters. The number of benzene rings is 1. The molecule has 230 valence electrons. The van der Waals surface area contributed by atoms with Crippen LogP contribution in [0.4, 0.5) is 4.39 Å². The maximum absolute atomic E-state index is 15.0. The number of likely N-dealkylation sites (N-methyl/N-ethyl adjacent to an activating group) is 1. The van der Waals surface area contributed by atoms with Gasteiger partial charge in [0.2, 0.25) is 5.91 Å². The minimum absolute atomic E-state index is 0.0819. The number of nitrogens with one attached hydrogen (secondary N) is 2. The molecule has 1 aromatic carbocycles. The number of piperazine rings is 1. The highest BCUT2D eigenvalue weighted by molar-refractivity contribution is 6.30. The van der Waals surface area contributed by atoms with Gasteiger partial charge in [0.15, 0.2) is 0 Å². The van der Waals surface area contributed by atoms with Gasteiger partial charge >= 0.3 is 0 Å². The van der Waals surface area contributed by atoms with Crippen LogP contribution in [0.1, 0.15) is 66.4 Å². The Labute approximate surface area is 257 Å². The smallest absolute Gasteiger partial charge is 0.226 e. The van der Waals surface area contributed by atoms with Crippen molar-refractivity contribution in [3.63, 3.8) is 0 Å². The topological polar surface area (TPSA) is 72.3 Å². The van der Waals surface area contributed by atoms with Gasteiger partial charge in [0, 0.05) is 74.8 Å². The van der Waals surface area contributed by atoms with Crippen LogP contribution in [0, 0.1) is 5.82 Å². The van der Waals surface area contributed by atoms with Gasteiger partial charge in [0.1, 0.15) is 11.6 Å².